The molecule has 0 spiro atoms. The molecule has 1 heterocycles. The molecule has 1 unspecified atom stereocenters. The zero-order valence-corrected chi connectivity index (χ0v) is 12.5. The molecule has 0 aliphatic carbocycles. The van der Waals surface area contributed by atoms with Crippen LogP contribution in [0, 0.1) is 5.82 Å². The molecule has 0 radical (unpaired) electrons. The third-order valence-electron chi connectivity index (χ3n) is 3.19. The summed E-state index contributed by atoms with van der Waals surface area (Å²) in [5.74, 6) is -0.440. The third-order valence-corrected chi connectivity index (χ3v) is 3.41. The minimum Gasteiger partial charge on any atom is -0.481 e. The predicted molar refractivity (Wildman–Crippen MR) is 79.8 cm³/mol. The lowest BCUT2D eigenvalue weighted by molar-refractivity contribution is -0.142. The highest BCUT2D eigenvalue weighted by Gasteiger charge is 2.24. The third kappa shape index (κ3) is 3.89. The van der Waals surface area contributed by atoms with Crippen LogP contribution in [0.4, 0.5) is 4.39 Å². The van der Waals surface area contributed by atoms with E-state index in [-0.39, 0.29) is 22.2 Å². The summed E-state index contributed by atoms with van der Waals surface area (Å²) in [5.41, 5.74) is 5.55. The zero-order chi connectivity index (χ0) is 15.4. The van der Waals surface area contributed by atoms with Gasteiger partial charge >= 0.3 is 0 Å². The van der Waals surface area contributed by atoms with Gasteiger partial charge in [-0.15, -0.1) is 0 Å². The van der Waals surface area contributed by atoms with Gasteiger partial charge in [0.1, 0.15) is 16.6 Å². The van der Waals surface area contributed by atoms with E-state index in [1.807, 2.05) is 0 Å². The van der Waals surface area contributed by atoms with Crippen LogP contribution in [0.1, 0.15) is 12.5 Å². The number of nitrogens with two attached hydrogens (primary N) is 1. The molecule has 2 rings (SSSR count). The van der Waals surface area contributed by atoms with E-state index in [4.69, 9.17) is 27.4 Å². The van der Waals surface area contributed by atoms with Crippen molar-refractivity contribution in [1.82, 2.24) is 4.90 Å². The van der Waals surface area contributed by atoms with Gasteiger partial charge in [-0.1, -0.05) is 12.2 Å². The molecular formula is C14H17FN2O3S. The number of morpholine rings is 1. The Labute approximate surface area is 127 Å². The van der Waals surface area contributed by atoms with E-state index in [9.17, 15) is 9.18 Å². The average Bonchev–Trinajstić information content (AvgIpc) is 2.47. The molecule has 5 nitrogen and oxygen atoms in total. The van der Waals surface area contributed by atoms with Gasteiger partial charge in [-0.2, -0.15) is 0 Å². The van der Waals surface area contributed by atoms with Crippen LogP contribution in [0.25, 0.3) is 0 Å². The molecule has 1 aliphatic rings. The van der Waals surface area contributed by atoms with Gasteiger partial charge in [-0.3, -0.25) is 4.79 Å². The van der Waals surface area contributed by atoms with Crippen LogP contribution < -0.4 is 10.5 Å². The van der Waals surface area contributed by atoms with E-state index in [1.54, 1.807) is 17.9 Å². The van der Waals surface area contributed by atoms with Gasteiger partial charge in [0.05, 0.1) is 13.2 Å². The van der Waals surface area contributed by atoms with Crippen molar-refractivity contribution in [3.05, 3.63) is 29.6 Å². The van der Waals surface area contributed by atoms with Gasteiger partial charge in [0, 0.05) is 24.7 Å². The number of thiocarbonyl (C=S) groups is 1. The SMILES string of the molecule is CC(Oc1ccc(C(N)=S)c(F)c1)C(=O)N1CCOCC1. The number of carbonyl (C=O) groups is 1. The Bertz CT molecular complexity index is 547. The number of hydrogen-bond acceptors (Lipinski definition) is 4. The summed E-state index contributed by atoms with van der Waals surface area (Å²) in [6.07, 6.45) is -0.696. The molecule has 7 heteroatoms. The van der Waals surface area contributed by atoms with Gasteiger partial charge in [-0.05, 0) is 19.1 Å². The van der Waals surface area contributed by atoms with Crippen molar-refractivity contribution in [3.63, 3.8) is 0 Å². The lowest BCUT2D eigenvalue weighted by atomic mass is 10.2. The molecule has 21 heavy (non-hydrogen) atoms. The number of ether oxygens (including phenoxy) is 2. The van der Waals surface area contributed by atoms with Crippen molar-refractivity contribution in [2.45, 2.75) is 13.0 Å². The largest absolute Gasteiger partial charge is 0.481 e. The monoisotopic (exact) mass is 312 g/mol. The second-order valence-corrected chi connectivity index (χ2v) is 5.14. The lowest BCUT2D eigenvalue weighted by Gasteiger charge is -2.29. The van der Waals surface area contributed by atoms with Crippen molar-refractivity contribution in [3.8, 4) is 5.75 Å². The molecule has 0 saturated carbocycles. The number of rotatable bonds is 4. The number of amides is 1. The minimum absolute atomic E-state index is 0.0171. The summed E-state index contributed by atoms with van der Waals surface area (Å²) < 4.78 is 24.4. The van der Waals surface area contributed by atoms with Crippen LogP contribution in [-0.2, 0) is 9.53 Å². The zero-order valence-electron chi connectivity index (χ0n) is 11.7. The fourth-order valence-electron chi connectivity index (χ4n) is 2.06. The van der Waals surface area contributed by atoms with E-state index in [0.717, 1.165) is 0 Å². The highest BCUT2D eigenvalue weighted by atomic mass is 32.1. The van der Waals surface area contributed by atoms with E-state index in [1.165, 1.54) is 12.1 Å². The Morgan fingerprint density at radius 1 is 1.48 bits per heavy atom. The Kier molecular flexibility index (Phi) is 5.08. The number of benzene rings is 1. The predicted octanol–water partition coefficient (Wildman–Crippen LogP) is 1.09. The molecule has 1 saturated heterocycles. The van der Waals surface area contributed by atoms with Gasteiger partial charge in [0.2, 0.25) is 0 Å². The summed E-state index contributed by atoms with van der Waals surface area (Å²) in [7, 11) is 0. The first-order chi connectivity index (χ1) is 9.99. The molecule has 2 N–H and O–H groups in total. The van der Waals surface area contributed by atoms with Crippen molar-refractivity contribution < 1.29 is 18.7 Å². The first-order valence-electron chi connectivity index (χ1n) is 6.61. The van der Waals surface area contributed by atoms with E-state index in [2.05, 4.69) is 0 Å². The summed E-state index contributed by atoms with van der Waals surface area (Å²) in [6, 6.07) is 4.16. The average molecular weight is 312 g/mol. The molecule has 1 fully saturated rings. The fraction of sp³-hybridized carbons (Fsp3) is 0.429. The number of carbonyl (C=O) groups excluding carboxylic acids is 1. The Morgan fingerprint density at radius 3 is 2.71 bits per heavy atom. The first kappa shape index (κ1) is 15.7. The van der Waals surface area contributed by atoms with Crippen LogP contribution in [-0.4, -0.2) is 48.2 Å². The molecule has 1 aromatic rings. The van der Waals surface area contributed by atoms with Gasteiger partial charge in [0.25, 0.3) is 5.91 Å². The summed E-state index contributed by atoms with van der Waals surface area (Å²) in [6.45, 7) is 3.77. The van der Waals surface area contributed by atoms with Crippen molar-refractivity contribution >= 4 is 23.1 Å². The van der Waals surface area contributed by atoms with Crippen LogP contribution in [0.15, 0.2) is 18.2 Å². The highest BCUT2D eigenvalue weighted by molar-refractivity contribution is 7.80. The highest BCUT2D eigenvalue weighted by Crippen LogP contribution is 2.18. The van der Waals surface area contributed by atoms with Crippen LogP contribution in [0.2, 0.25) is 0 Å². The fourth-order valence-corrected chi connectivity index (χ4v) is 2.23. The molecular weight excluding hydrogens is 295 g/mol. The van der Waals surface area contributed by atoms with E-state index in [0.29, 0.717) is 26.3 Å². The molecule has 1 atom stereocenters. The van der Waals surface area contributed by atoms with Gasteiger partial charge in [0.15, 0.2) is 6.10 Å². The Balaban J connectivity index is 2.01. The van der Waals surface area contributed by atoms with Gasteiger partial charge in [-0.25, -0.2) is 4.39 Å². The van der Waals surface area contributed by atoms with Gasteiger partial charge < -0.3 is 20.1 Å². The number of hydrogen-bond donors (Lipinski definition) is 1. The van der Waals surface area contributed by atoms with Crippen LogP contribution in [0.3, 0.4) is 0 Å². The van der Waals surface area contributed by atoms with Crippen molar-refractivity contribution in [1.29, 1.82) is 0 Å². The topological polar surface area (TPSA) is 64.8 Å². The second kappa shape index (κ2) is 6.82. The van der Waals surface area contributed by atoms with E-state index < -0.39 is 11.9 Å². The van der Waals surface area contributed by atoms with E-state index >= 15 is 0 Å². The quantitative estimate of drug-likeness (QED) is 0.843. The van der Waals surface area contributed by atoms with Crippen molar-refractivity contribution in [2.75, 3.05) is 26.3 Å². The smallest absolute Gasteiger partial charge is 0.263 e. The normalized spacial score (nSPS) is 16.4. The molecule has 0 aromatic heterocycles. The van der Waals surface area contributed by atoms with Crippen LogP contribution >= 0.6 is 12.2 Å². The number of nitrogens with zero attached hydrogens (tertiary/aromatic N) is 1. The first-order valence-corrected chi connectivity index (χ1v) is 7.02. The molecule has 114 valence electrons. The molecule has 1 aromatic carbocycles. The second-order valence-electron chi connectivity index (χ2n) is 4.70. The molecule has 1 amide bonds. The molecule has 0 bridgehead atoms. The maximum Gasteiger partial charge on any atom is 0.263 e. The summed E-state index contributed by atoms with van der Waals surface area (Å²) in [5, 5.41) is 0. The Hall–Kier alpha value is -1.73. The lowest BCUT2D eigenvalue weighted by Crippen LogP contribution is -2.46. The number of halogens is 1. The maximum absolute atomic E-state index is 13.7. The Morgan fingerprint density at radius 2 is 2.14 bits per heavy atom. The standard InChI is InChI=1S/C14H17FN2O3S/c1-9(14(18)17-4-6-19-7-5-17)20-10-2-3-11(13(16)21)12(15)8-10/h2-3,8-9H,4-7H2,1H3,(H2,16,21). The van der Waals surface area contributed by atoms with Crippen molar-refractivity contribution in [2.24, 2.45) is 5.73 Å². The summed E-state index contributed by atoms with van der Waals surface area (Å²) in [4.78, 5) is 13.8. The summed E-state index contributed by atoms with van der Waals surface area (Å²) >= 11 is 4.73. The minimum atomic E-state index is -0.696. The van der Waals surface area contributed by atoms with Crippen LogP contribution in [0.5, 0.6) is 5.75 Å². The molecule has 1 aliphatic heterocycles. The maximum atomic E-state index is 13.7.